The van der Waals surface area contributed by atoms with E-state index in [1.165, 1.54) is 0 Å². The van der Waals surface area contributed by atoms with Gasteiger partial charge in [-0.05, 0) is 31.3 Å². The molecule has 114 valence electrons. The van der Waals surface area contributed by atoms with Gasteiger partial charge in [0, 0.05) is 10.7 Å². The number of thiocarbonyl (C=S) groups is 1. The van der Waals surface area contributed by atoms with Crippen LogP contribution in [0.4, 0.5) is 0 Å². The molecule has 2 rings (SSSR count). The summed E-state index contributed by atoms with van der Waals surface area (Å²) in [4.78, 5) is 12.7. The van der Waals surface area contributed by atoms with Crippen molar-refractivity contribution in [2.45, 2.75) is 19.8 Å². The number of allylic oxidation sites excluding steroid dienone is 1. The van der Waals surface area contributed by atoms with Gasteiger partial charge in [-0.1, -0.05) is 42.0 Å². The van der Waals surface area contributed by atoms with Gasteiger partial charge in [0.25, 0.3) is 0 Å². The maximum atomic E-state index is 12.4. The van der Waals surface area contributed by atoms with E-state index >= 15 is 0 Å². The summed E-state index contributed by atoms with van der Waals surface area (Å²) in [6.07, 6.45) is 0. The van der Waals surface area contributed by atoms with Crippen molar-refractivity contribution in [1.29, 1.82) is 5.41 Å². The highest BCUT2D eigenvalue weighted by Crippen LogP contribution is 2.39. The first kappa shape index (κ1) is 16.4. The normalized spacial score (nSPS) is 17.9. The average Bonchev–Trinajstić information content (AvgIpc) is 2.47. The number of nitrogens with one attached hydrogen (secondary N) is 2. The molecule has 1 aliphatic heterocycles. The van der Waals surface area contributed by atoms with Crippen LogP contribution in [0.3, 0.4) is 0 Å². The number of ether oxygens (including phenoxy) is 1. The van der Waals surface area contributed by atoms with Crippen LogP contribution in [-0.4, -0.2) is 23.4 Å². The summed E-state index contributed by atoms with van der Waals surface area (Å²) in [5, 5.41) is 11.0. The van der Waals surface area contributed by atoms with E-state index in [1.54, 1.807) is 26.0 Å². The molecule has 22 heavy (non-hydrogen) atoms. The third kappa shape index (κ3) is 2.97. The topological polar surface area (TPSA) is 62.2 Å². The minimum atomic E-state index is -0.556. The summed E-state index contributed by atoms with van der Waals surface area (Å²) >= 11 is 11.5. The Bertz CT molecular complexity index is 721. The molecular formula is C16H15ClN2O2S. The van der Waals surface area contributed by atoms with Gasteiger partial charge in [0.2, 0.25) is 0 Å². The fourth-order valence-corrected chi connectivity index (χ4v) is 2.99. The van der Waals surface area contributed by atoms with E-state index in [1.807, 2.05) is 12.1 Å². The number of benzene rings is 1. The quantitative estimate of drug-likeness (QED) is 0.385. The van der Waals surface area contributed by atoms with Gasteiger partial charge >= 0.3 is 5.97 Å². The maximum absolute atomic E-state index is 12.4. The van der Waals surface area contributed by atoms with Gasteiger partial charge in [-0.2, -0.15) is 0 Å². The van der Waals surface area contributed by atoms with Crippen molar-refractivity contribution in [2.75, 3.05) is 6.61 Å². The third-order valence-corrected chi connectivity index (χ3v) is 4.04. The lowest BCUT2D eigenvalue weighted by Gasteiger charge is -2.29. The molecular weight excluding hydrogens is 320 g/mol. The van der Waals surface area contributed by atoms with Gasteiger partial charge in [0.05, 0.1) is 23.7 Å². The van der Waals surface area contributed by atoms with Crippen molar-refractivity contribution >= 4 is 40.6 Å². The predicted molar refractivity (Wildman–Crippen MR) is 90.5 cm³/mol. The van der Waals surface area contributed by atoms with Crippen LogP contribution in [0.15, 0.2) is 41.1 Å². The van der Waals surface area contributed by atoms with Crippen molar-refractivity contribution in [3.8, 4) is 0 Å². The Labute approximate surface area is 139 Å². The second-order valence-electron chi connectivity index (χ2n) is 4.71. The van der Waals surface area contributed by atoms with E-state index in [0.29, 0.717) is 32.4 Å². The molecule has 1 unspecified atom stereocenters. The third-order valence-electron chi connectivity index (χ3n) is 3.37. The molecule has 0 saturated carbocycles. The minimum absolute atomic E-state index is 0.263. The van der Waals surface area contributed by atoms with Crippen LogP contribution in [0.2, 0.25) is 5.02 Å². The summed E-state index contributed by atoms with van der Waals surface area (Å²) in [5.74, 6) is 1.33. The molecule has 0 saturated heterocycles. The zero-order valence-electron chi connectivity index (χ0n) is 12.2. The number of rotatable bonds is 3. The highest BCUT2D eigenvalue weighted by Gasteiger charge is 2.36. The summed E-state index contributed by atoms with van der Waals surface area (Å²) in [6.45, 7) is 3.76. The van der Waals surface area contributed by atoms with Gasteiger partial charge < -0.3 is 10.1 Å². The molecule has 0 aromatic heterocycles. The van der Waals surface area contributed by atoms with Crippen LogP contribution in [-0.2, 0) is 9.53 Å². The molecule has 6 heteroatoms. The summed E-state index contributed by atoms with van der Waals surface area (Å²) in [7, 11) is 0. The highest BCUT2D eigenvalue weighted by molar-refractivity contribution is 7.80. The summed E-state index contributed by atoms with van der Waals surface area (Å²) in [6, 6.07) is 7.18. The first-order chi connectivity index (χ1) is 10.5. The Kier molecular flexibility index (Phi) is 5.14. The zero-order valence-corrected chi connectivity index (χ0v) is 13.8. The molecule has 0 amide bonds. The average molecular weight is 335 g/mol. The van der Waals surface area contributed by atoms with Crippen LogP contribution in [0.5, 0.6) is 0 Å². The van der Waals surface area contributed by atoms with Gasteiger partial charge in [-0.25, -0.2) is 4.79 Å². The molecule has 0 fully saturated rings. The number of halogens is 1. The smallest absolute Gasteiger partial charge is 0.336 e. The first-order valence-corrected chi connectivity index (χ1v) is 7.53. The molecule has 1 aliphatic rings. The molecule has 0 aliphatic carbocycles. The van der Waals surface area contributed by atoms with E-state index in [0.717, 1.165) is 0 Å². The lowest BCUT2D eigenvalue weighted by atomic mass is 9.81. The molecule has 0 radical (unpaired) electrons. The van der Waals surface area contributed by atoms with E-state index in [9.17, 15) is 4.79 Å². The molecule has 2 N–H and O–H groups in total. The second-order valence-corrected chi connectivity index (χ2v) is 5.52. The van der Waals surface area contributed by atoms with Crippen LogP contribution in [0.25, 0.3) is 0 Å². The van der Waals surface area contributed by atoms with Gasteiger partial charge in [0.1, 0.15) is 4.99 Å². The predicted octanol–water partition coefficient (Wildman–Crippen LogP) is 3.37. The van der Waals surface area contributed by atoms with Crippen LogP contribution < -0.4 is 5.32 Å². The van der Waals surface area contributed by atoms with Crippen molar-refractivity contribution in [3.63, 3.8) is 0 Å². The number of carbonyl (C=O) groups excluding carboxylic acids is 1. The van der Waals surface area contributed by atoms with Crippen LogP contribution in [0.1, 0.15) is 25.3 Å². The lowest BCUT2D eigenvalue weighted by molar-refractivity contribution is -0.138. The van der Waals surface area contributed by atoms with Crippen molar-refractivity contribution in [2.24, 2.45) is 0 Å². The van der Waals surface area contributed by atoms with E-state index < -0.39 is 11.9 Å². The lowest BCUT2D eigenvalue weighted by Crippen LogP contribution is -2.35. The van der Waals surface area contributed by atoms with Crippen molar-refractivity contribution in [1.82, 2.24) is 5.32 Å². The Balaban J connectivity index is 2.68. The van der Waals surface area contributed by atoms with Gasteiger partial charge in [-0.15, -0.1) is 0 Å². The van der Waals surface area contributed by atoms with Crippen molar-refractivity contribution < 1.29 is 9.53 Å². The standard InChI is InChI=1S/C16H15ClN2O2S/c1-3-21-16(20)13-9(2)19-15(22)11(8-18)14(13)10-6-4-5-7-12(10)17/h4-7,14,18H,3H2,1-2H3,(H,19,22). The molecule has 1 heterocycles. The monoisotopic (exact) mass is 334 g/mol. The number of esters is 1. The van der Waals surface area contributed by atoms with E-state index in [2.05, 4.69) is 11.2 Å². The number of hydrogen-bond donors (Lipinski definition) is 2. The van der Waals surface area contributed by atoms with E-state index in [-0.39, 0.29) is 6.61 Å². The molecule has 1 aromatic carbocycles. The van der Waals surface area contributed by atoms with E-state index in [4.69, 9.17) is 34.0 Å². The molecule has 1 aromatic rings. The Morgan fingerprint density at radius 3 is 2.77 bits per heavy atom. The Hall–Kier alpha value is -1.94. The summed E-state index contributed by atoms with van der Waals surface area (Å²) in [5.41, 5.74) is 2.10. The largest absolute Gasteiger partial charge is 0.463 e. The Morgan fingerprint density at radius 2 is 2.18 bits per heavy atom. The molecule has 1 atom stereocenters. The fraction of sp³-hybridized carbons (Fsp3) is 0.250. The minimum Gasteiger partial charge on any atom is -0.463 e. The fourth-order valence-electron chi connectivity index (χ4n) is 2.43. The highest BCUT2D eigenvalue weighted by atomic mass is 35.5. The molecule has 0 spiro atoms. The van der Waals surface area contributed by atoms with Crippen LogP contribution in [0, 0.1) is 5.41 Å². The SMILES string of the molecule is CCOC(=O)C1=C(C)NC(=S)C(=C=N)C1c1ccccc1Cl. The van der Waals surface area contributed by atoms with Crippen molar-refractivity contribution in [3.05, 3.63) is 51.7 Å². The van der Waals surface area contributed by atoms with Crippen LogP contribution >= 0.6 is 23.8 Å². The molecule has 0 bridgehead atoms. The maximum Gasteiger partial charge on any atom is 0.336 e. The van der Waals surface area contributed by atoms with Gasteiger partial charge in [-0.3, -0.25) is 5.41 Å². The summed E-state index contributed by atoms with van der Waals surface area (Å²) < 4.78 is 5.15. The first-order valence-electron chi connectivity index (χ1n) is 6.74. The Morgan fingerprint density at radius 1 is 1.50 bits per heavy atom. The molecule has 4 nitrogen and oxygen atoms in total. The second kappa shape index (κ2) is 6.88. The number of carbonyl (C=O) groups is 1. The number of hydrogen-bond acceptors (Lipinski definition) is 4. The van der Waals surface area contributed by atoms with Gasteiger partial charge in [0.15, 0.2) is 0 Å². The zero-order chi connectivity index (χ0) is 16.3.